The van der Waals surface area contributed by atoms with Gasteiger partial charge in [-0.05, 0) is 37.1 Å². The van der Waals surface area contributed by atoms with Crippen molar-refractivity contribution in [1.29, 1.82) is 0 Å². The number of rotatable bonds is 6. The van der Waals surface area contributed by atoms with E-state index in [0.717, 1.165) is 11.1 Å². The lowest BCUT2D eigenvalue weighted by atomic mass is 10.1. The number of nitrogens with two attached hydrogens (primary N) is 1. The highest BCUT2D eigenvalue weighted by atomic mass is 32.2. The molecule has 0 spiro atoms. The van der Waals surface area contributed by atoms with Crippen molar-refractivity contribution in [3.8, 4) is 0 Å². The Morgan fingerprint density at radius 1 is 1.33 bits per heavy atom. The number of nitrogens with zero attached hydrogens (tertiary/aromatic N) is 2. The minimum absolute atomic E-state index is 0.113. The zero-order valence-electron chi connectivity index (χ0n) is 12.2. The van der Waals surface area contributed by atoms with Crippen molar-refractivity contribution in [3.05, 3.63) is 47.8 Å². The number of nitrogens with one attached hydrogen (secondary N) is 1. The van der Waals surface area contributed by atoms with Crippen LogP contribution in [0, 0.1) is 6.92 Å². The molecule has 21 heavy (non-hydrogen) atoms. The highest BCUT2D eigenvalue weighted by Gasteiger charge is 2.13. The summed E-state index contributed by atoms with van der Waals surface area (Å²) in [5.74, 6) is 0. The van der Waals surface area contributed by atoms with Gasteiger partial charge in [0, 0.05) is 18.8 Å². The summed E-state index contributed by atoms with van der Waals surface area (Å²) in [6.07, 6.45) is 3.60. The summed E-state index contributed by atoms with van der Waals surface area (Å²) in [6, 6.07) is 6.49. The molecule has 0 saturated heterocycles. The summed E-state index contributed by atoms with van der Waals surface area (Å²) in [4.78, 5) is 0.239. The first kappa shape index (κ1) is 15.7. The van der Waals surface area contributed by atoms with Crippen LogP contribution < -0.4 is 10.5 Å². The summed E-state index contributed by atoms with van der Waals surface area (Å²) in [5, 5.41) is 4.11. The number of hydrogen-bond donors (Lipinski definition) is 2. The number of aromatic nitrogens is 2. The molecule has 3 N–H and O–H groups in total. The Kier molecular flexibility index (Phi) is 4.76. The molecule has 1 unspecified atom stereocenters. The van der Waals surface area contributed by atoms with Gasteiger partial charge >= 0.3 is 0 Å². The first-order valence-electron chi connectivity index (χ1n) is 6.73. The van der Waals surface area contributed by atoms with Gasteiger partial charge in [-0.15, -0.1) is 0 Å². The van der Waals surface area contributed by atoms with Crippen LogP contribution in [0.4, 0.5) is 0 Å². The zero-order chi connectivity index (χ0) is 15.5. The van der Waals surface area contributed by atoms with E-state index >= 15 is 0 Å². The van der Waals surface area contributed by atoms with Crippen LogP contribution in [0.5, 0.6) is 0 Å². The van der Waals surface area contributed by atoms with Crippen molar-refractivity contribution >= 4 is 10.0 Å². The molecule has 1 aromatic carbocycles. The van der Waals surface area contributed by atoms with E-state index in [4.69, 9.17) is 5.73 Å². The van der Waals surface area contributed by atoms with Crippen LogP contribution in [-0.2, 0) is 16.6 Å². The van der Waals surface area contributed by atoms with E-state index in [2.05, 4.69) is 9.82 Å². The van der Waals surface area contributed by atoms with Crippen LogP contribution in [0.2, 0.25) is 0 Å². The fraction of sp³-hybridized carbons (Fsp3) is 0.357. The van der Waals surface area contributed by atoms with Gasteiger partial charge in [0.05, 0.1) is 17.6 Å². The van der Waals surface area contributed by atoms with Crippen molar-refractivity contribution in [2.24, 2.45) is 5.73 Å². The lowest BCUT2D eigenvalue weighted by molar-refractivity contribution is 0.560. The second-order valence-electron chi connectivity index (χ2n) is 5.04. The summed E-state index contributed by atoms with van der Waals surface area (Å²) in [7, 11) is -3.50. The Hall–Kier alpha value is -1.70. The van der Waals surface area contributed by atoms with Gasteiger partial charge < -0.3 is 5.73 Å². The molecule has 0 amide bonds. The molecule has 2 rings (SSSR count). The quantitative estimate of drug-likeness (QED) is 0.839. The Balaban J connectivity index is 1.97. The molecule has 1 atom stereocenters. The summed E-state index contributed by atoms with van der Waals surface area (Å²) >= 11 is 0. The molecule has 6 nitrogen and oxygen atoms in total. The summed E-state index contributed by atoms with van der Waals surface area (Å²) in [6.45, 7) is 4.57. The fourth-order valence-corrected chi connectivity index (χ4v) is 2.94. The molecular formula is C14H20N4O2S. The predicted octanol–water partition coefficient (Wildman–Crippen LogP) is 1.19. The zero-order valence-corrected chi connectivity index (χ0v) is 13.0. The number of benzene rings is 1. The topological polar surface area (TPSA) is 90.0 Å². The van der Waals surface area contributed by atoms with Crippen LogP contribution in [-0.4, -0.2) is 24.7 Å². The Labute approximate surface area is 125 Å². The van der Waals surface area contributed by atoms with Crippen LogP contribution in [0.3, 0.4) is 0 Å². The van der Waals surface area contributed by atoms with Crippen molar-refractivity contribution in [2.75, 3.05) is 6.54 Å². The van der Waals surface area contributed by atoms with Gasteiger partial charge in [-0.25, -0.2) is 13.1 Å². The van der Waals surface area contributed by atoms with Crippen molar-refractivity contribution < 1.29 is 8.42 Å². The molecule has 0 aliphatic carbocycles. The normalized spacial score (nSPS) is 13.3. The second-order valence-corrected chi connectivity index (χ2v) is 6.80. The van der Waals surface area contributed by atoms with E-state index in [1.807, 2.05) is 20.0 Å². The third kappa shape index (κ3) is 4.13. The summed E-state index contributed by atoms with van der Waals surface area (Å²) < 4.78 is 28.5. The van der Waals surface area contributed by atoms with E-state index in [0.29, 0.717) is 13.1 Å². The van der Waals surface area contributed by atoms with Crippen molar-refractivity contribution in [2.45, 2.75) is 31.3 Å². The number of aryl methyl sites for hydroxylation is 1. The molecule has 0 bridgehead atoms. The van der Waals surface area contributed by atoms with Crippen LogP contribution >= 0.6 is 0 Å². The van der Waals surface area contributed by atoms with Gasteiger partial charge in [0.15, 0.2) is 0 Å². The van der Waals surface area contributed by atoms with E-state index < -0.39 is 10.0 Å². The lowest BCUT2D eigenvalue weighted by Gasteiger charge is -2.09. The molecule has 1 aromatic heterocycles. The standard InChI is InChI=1S/C14H20N4O2S/c1-11-9-16-18(10-11)8-7-17-21(19,20)14-5-3-13(4-6-14)12(2)15/h3-6,9-10,12,17H,7-8,15H2,1-2H3. The molecule has 1 heterocycles. The highest BCUT2D eigenvalue weighted by Crippen LogP contribution is 2.14. The summed E-state index contributed by atoms with van der Waals surface area (Å²) in [5.41, 5.74) is 7.69. The van der Waals surface area contributed by atoms with Gasteiger partial charge in [0.2, 0.25) is 10.0 Å². The van der Waals surface area contributed by atoms with Gasteiger partial charge in [0.25, 0.3) is 0 Å². The minimum atomic E-state index is -3.50. The molecule has 0 aliphatic rings. The van der Waals surface area contributed by atoms with Crippen LogP contribution in [0.15, 0.2) is 41.6 Å². The molecule has 0 saturated carbocycles. The maximum absolute atomic E-state index is 12.1. The van der Waals surface area contributed by atoms with E-state index in [1.54, 1.807) is 35.1 Å². The van der Waals surface area contributed by atoms with Gasteiger partial charge in [-0.3, -0.25) is 4.68 Å². The molecule has 7 heteroatoms. The average molecular weight is 308 g/mol. The molecule has 114 valence electrons. The molecule has 0 fully saturated rings. The van der Waals surface area contributed by atoms with E-state index in [9.17, 15) is 8.42 Å². The molecular weight excluding hydrogens is 288 g/mol. The van der Waals surface area contributed by atoms with E-state index in [-0.39, 0.29) is 10.9 Å². The smallest absolute Gasteiger partial charge is 0.240 e. The second kappa shape index (κ2) is 6.38. The average Bonchev–Trinajstić information content (AvgIpc) is 2.84. The first-order chi connectivity index (χ1) is 9.88. The van der Waals surface area contributed by atoms with Crippen molar-refractivity contribution in [3.63, 3.8) is 0 Å². The first-order valence-corrected chi connectivity index (χ1v) is 8.21. The maximum Gasteiger partial charge on any atom is 0.240 e. The number of sulfonamides is 1. The third-order valence-corrected chi connectivity index (χ3v) is 4.59. The van der Waals surface area contributed by atoms with Gasteiger partial charge in [-0.1, -0.05) is 12.1 Å². The fourth-order valence-electron chi connectivity index (χ4n) is 1.92. The van der Waals surface area contributed by atoms with Crippen LogP contribution in [0.1, 0.15) is 24.1 Å². The third-order valence-electron chi connectivity index (χ3n) is 3.11. The molecule has 2 aromatic rings. The molecule has 0 radical (unpaired) electrons. The molecule has 0 aliphatic heterocycles. The van der Waals surface area contributed by atoms with E-state index in [1.165, 1.54) is 0 Å². The highest BCUT2D eigenvalue weighted by molar-refractivity contribution is 7.89. The lowest BCUT2D eigenvalue weighted by Crippen LogP contribution is -2.27. The largest absolute Gasteiger partial charge is 0.324 e. The van der Waals surface area contributed by atoms with Crippen molar-refractivity contribution in [1.82, 2.24) is 14.5 Å². The Morgan fingerprint density at radius 3 is 2.52 bits per heavy atom. The monoisotopic (exact) mass is 308 g/mol. The van der Waals surface area contributed by atoms with Gasteiger partial charge in [-0.2, -0.15) is 5.10 Å². The Bertz CT molecular complexity index is 690. The Morgan fingerprint density at radius 2 is 2.00 bits per heavy atom. The SMILES string of the molecule is Cc1cnn(CCNS(=O)(=O)c2ccc(C(C)N)cc2)c1. The predicted molar refractivity (Wildman–Crippen MR) is 81.2 cm³/mol. The maximum atomic E-state index is 12.1. The van der Waals surface area contributed by atoms with Crippen LogP contribution in [0.25, 0.3) is 0 Å². The number of hydrogen-bond acceptors (Lipinski definition) is 4. The minimum Gasteiger partial charge on any atom is -0.324 e. The van der Waals surface area contributed by atoms with Gasteiger partial charge in [0.1, 0.15) is 0 Å².